The molecule has 2 aromatic heterocycles. The first-order chi connectivity index (χ1) is 8.69. The van der Waals surface area contributed by atoms with E-state index in [2.05, 4.69) is 27.0 Å². The summed E-state index contributed by atoms with van der Waals surface area (Å²) in [6.45, 7) is 5.11. The van der Waals surface area contributed by atoms with Crippen LogP contribution in [0.15, 0.2) is 18.6 Å². The van der Waals surface area contributed by atoms with Crippen molar-refractivity contribution < 1.29 is 0 Å². The minimum Gasteiger partial charge on any atom is -0.333 e. The summed E-state index contributed by atoms with van der Waals surface area (Å²) in [5.41, 5.74) is 4.98. The molecule has 0 saturated heterocycles. The van der Waals surface area contributed by atoms with Gasteiger partial charge in [-0.1, -0.05) is 6.92 Å². The van der Waals surface area contributed by atoms with Gasteiger partial charge in [-0.25, -0.2) is 10.4 Å². The number of hydrogen-bond acceptors (Lipinski definition) is 4. The van der Waals surface area contributed by atoms with E-state index in [4.69, 9.17) is 5.84 Å². The second-order valence-electron chi connectivity index (χ2n) is 4.39. The molecule has 0 spiro atoms. The van der Waals surface area contributed by atoms with E-state index in [0.717, 1.165) is 30.0 Å². The van der Waals surface area contributed by atoms with E-state index < -0.39 is 0 Å². The van der Waals surface area contributed by atoms with Crippen molar-refractivity contribution in [3.05, 3.63) is 35.7 Å². The molecule has 1 unspecified atom stereocenters. The molecule has 6 nitrogen and oxygen atoms in total. The highest BCUT2D eigenvalue weighted by molar-refractivity contribution is 5.26. The number of imidazole rings is 1. The lowest BCUT2D eigenvalue weighted by molar-refractivity contribution is 0.543. The summed E-state index contributed by atoms with van der Waals surface area (Å²) in [5.74, 6) is 6.63. The largest absolute Gasteiger partial charge is 0.333 e. The van der Waals surface area contributed by atoms with E-state index in [1.54, 1.807) is 6.20 Å². The Balaban J connectivity index is 2.39. The van der Waals surface area contributed by atoms with Gasteiger partial charge in [0.05, 0.1) is 6.20 Å². The Hall–Kier alpha value is -1.66. The van der Waals surface area contributed by atoms with Crippen LogP contribution >= 0.6 is 0 Å². The maximum absolute atomic E-state index is 5.70. The molecule has 18 heavy (non-hydrogen) atoms. The van der Waals surface area contributed by atoms with Crippen LogP contribution in [0.2, 0.25) is 0 Å². The number of nitrogens with zero attached hydrogens (tertiary/aromatic N) is 4. The molecule has 0 aliphatic carbocycles. The van der Waals surface area contributed by atoms with Gasteiger partial charge >= 0.3 is 0 Å². The predicted molar refractivity (Wildman–Crippen MR) is 69.6 cm³/mol. The van der Waals surface area contributed by atoms with Gasteiger partial charge < -0.3 is 4.57 Å². The minimum atomic E-state index is -0.125. The first-order valence-corrected chi connectivity index (χ1v) is 6.14. The maximum atomic E-state index is 5.70. The lowest BCUT2D eigenvalue weighted by Crippen LogP contribution is -2.31. The van der Waals surface area contributed by atoms with E-state index >= 15 is 0 Å². The molecule has 0 radical (unpaired) electrons. The number of nitrogens with one attached hydrogen (secondary N) is 1. The summed E-state index contributed by atoms with van der Waals surface area (Å²) in [6, 6.07) is -0.125. The maximum Gasteiger partial charge on any atom is 0.131 e. The molecule has 2 aromatic rings. The average Bonchev–Trinajstić information content (AvgIpc) is 2.93. The van der Waals surface area contributed by atoms with Crippen LogP contribution < -0.4 is 11.3 Å². The highest BCUT2D eigenvalue weighted by Gasteiger charge is 2.21. The Morgan fingerprint density at radius 1 is 1.50 bits per heavy atom. The van der Waals surface area contributed by atoms with Gasteiger partial charge in [0.25, 0.3) is 0 Å². The monoisotopic (exact) mass is 248 g/mol. The molecule has 0 bridgehead atoms. The number of aryl methyl sites for hydroxylation is 2. The smallest absolute Gasteiger partial charge is 0.131 e. The number of hydrazine groups is 1. The summed E-state index contributed by atoms with van der Waals surface area (Å²) in [4.78, 5) is 4.42. The van der Waals surface area contributed by atoms with Crippen LogP contribution in [0, 0.1) is 6.92 Å². The van der Waals surface area contributed by atoms with Gasteiger partial charge in [-0.3, -0.25) is 10.5 Å². The zero-order valence-corrected chi connectivity index (χ0v) is 11.1. The van der Waals surface area contributed by atoms with Crippen LogP contribution in [0.1, 0.15) is 36.5 Å². The number of nitrogens with two attached hydrogens (primary N) is 1. The summed E-state index contributed by atoms with van der Waals surface area (Å²) in [5, 5.41) is 4.25. The molecule has 1 atom stereocenters. The second kappa shape index (κ2) is 5.32. The van der Waals surface area contributed by atoms with E-state index in [9.17, 15) is 0 Å². The van der Waals surface area contributed by atoms with Crippen molar-refractivity contribution in [1.82, 2.24) is 24.8 Å². The van der Waals surface area contributed by atoms with E-state index in [1.165, 1.54) is 0 Å². The van der Waals surface area contributed by atoms with Crippen LogP contribution in [-0.4, -0.2) is 19.3 Å². The zero-order chi connectivity index (χ0) is 13.1. The third-order valence-corrected chi connectivity index (χ3v) is 3.22. The van der Waals surface area contributed by atoms with Crippen molar-refractivity contribution in [2.24, 2.45) is 12.9 Å². The molecule has 0 aliphatic rings. The molecule has 2 rings (SSSR count). The van der Waals surface area contributed by atoms with E-state index in [-0.39, 0.29) is 6.04 Å². The molecule has 0 aromatic carbocycles. The van der Waals surface area contributed by atoms with Crippen molar-refractivity contribution >= 4 is 0 Å². The average molecular weight is 248 g/mol. The Morgan fingerprint density at radius 2 is 2.28 bits per heavy atom. The summed E-state index contributed by atoms with van der Waals surface area (Å²) in [6.07, 6.45) is 6.69. The van der Waals surface area contributed by atoms with Gasteiger partial charge in [-0.05, 0) is 13.3 Å². The molecule has 98 valence electrons. The fraction of sp³-hybridized carbons (Fsp3) is 0.500. The zero-order valence-electron chi connectivity index (χ0n) is 11.1. The number of hydrogen-bond donors (Lipinski definition) is 2. The third kappa shape index (κ3) is 2.16. The molecule has 2 heterocycles. The van der Waals surface area contributed by atoms with Gasteiger partial charge in [-0.15, -0.1) is 0 Å². The Morgan fingerprint density at radius 3 is 2.83 bits per heavy atom. The Bertz CT molecular complexity index is 512. The van der Waals surface area contributed by atoms with Gasteiger partial charge in [0, 0.05) is 37.2 Å². The topological polar surface area (TPSA) is 73.7 Å². The normalized spacial score (nSPS) is 12.9. The highest BCUT2D eigenvalue weighted by atomic mass is 15.3. The van der Waals surface area contributed by atoms with Gasteiger partial charge in [0.15, 0.2) is 0 Å². The molecule has 0 aliphatic heterocycles. The third-order valence-electron chi connectivity index (χ3n) is 3.22. The van der Waals surface area contributed by atoms with Crippen molar-refractivity contribution in [3.63, 3.8) is 0 Å². The van der Waals surface area contributed by atoms with Crippen LogP contribution in [-0.2, 0) is 13.6 Å². The quantitative estimate of drug-likeness (QED) is 0.608. The first-order valence-electron chi connectivity index (χ1n) is 6.14. The van der Waals surface area contributed by atoms with Crippen LogP contribution in [0.25, 0.3) is 0 Å². The fourth-order valence-electron chi connectivity index (χ4n) is 2.11. The van der Waals surface area contributed by atoms with Gasteiger partial charge in [-0.2, -0.15) is 5.10 Å². The first kappa shape index (κ1) is 12.8. The molecule has 3 N–H and O–H groups in total. The predicted octanol–water partition coefficient (Wildman–Crippen LogP) is 0.888. The molecular weight excluding hydrogens is 228 g/mol. The van der Waals surface area contributed by atoms with Crippen molar-refractivity contribution in [3.8, 4) is 0 Å². The summed E-state index contributed by atoms with van der Waals surface area (Å²) >= 11 is 0. The van der Waals surface area contributed by atoms with Crippen molar-refractivity contribution in [2.75, 3.05) is 0 Å². The van der Waals surface area contributed by atoms with Crippen LogP contribution in [0.3, 0.4) is 0 Å². The fourth-order valence-corrected chi connectivity index (χ4v) is 2.11. The molecular formula is C12H20N6. The Kier molecular flexibility index (Phi) is 3.78. The van der Waals surface area contributed by atoms with Crippen LogP contribution in [0.5, 0.6) is 0 Å². The molecule has 0 fully saturated rings. The SMILES string of the molecule is CCCn1ccnc1C(NN)c1cnn(C)c1C. The van der Waals surface area contributed by atoms with Crippen molar-refractivity contribution in [1.29, 1.82) is 0 Å². The van der Waals surface area contributed by atoms with Gasteiger partial charge in [0.1, 0.15) is 11.9 Å². The number of rotatable bonds is 5. The van der Waals surface area contributed by atoms with Gasteiger partial charge in [0.2, 0.25) is 0 Å². The minimum absolute atomic E-state index is 0.125. The number of aromatic nitrogens is 4. The Labute approximate surface area is 107 Å². The standard InChI is InChI=1S/C12H20N6/c1-4-6-18-7-5-14-12(18)11(16-13)10-8-15-17(3)9(10)2/h5,7-8,11,16H,4,6,13H2,1-3H3. The van der Waals surface area contributed by atoms with Crippen LogP contribution in [0.4, 0.5) is 0 Å². The van der Waals surface area contributed by atoms with E-state index in [0.29, 0.717) is 0 Å². The highest BCUT2D eigenvalue weighted by Crippen LogP contribution is 2.22. The van der Waals surface area contributed by atoms with E-state index in [1.807, 2.05) is 31.0 Å². The molecule has 0 saturated carbocycles. The summed E-state index contributed by atoms with van der Waals surface area (Å²) < 4.78 is 3.96. The molecule has 6 heteroatoms. The molecule has 0 amide bonds. The van der Waals surface area contributed by atoms with Crippen molar-refractivity contribution in [2.45, 2.75) is 32.9 Å². The lowest BCUT2D eigenvalue weighted by atomic mass is 10.1. The summed E-state index contributed by atoms with van der Waals surface area (Å²) in [7, 11) is 1.92. The second-order valence-corrected chi connectivity index (χ2v) is 4.39. The lowest BCUT2D eigenvalue weighted by Gasteiger charge is -2.17.